The van der Waals surface area contributed by atoms with Crippen molar-refractivity contribution in [2.24, 2.45) is 7.05 Å². The van der Waals surface area contributed by atoms with Crippen LogP contribution in [0.5, 0.6) is 0 Å². The molecule has 2 aromatic heterocycles. The molecule has 0 aliphatic carbocycles. The number of aryl methyl sites for hydroxylation is 1. The summed E-state index contributed by atoms with van der Waals surface area (Å²) in [6, 6.07) is 2.07. The summed E-state index contributed by atoms with van der Waals surface area (Å²) in [5, 5.41) is 1.43. The molecule has 0 aromatic carbocycles. The first-order valence-corrected chi connectivity index (χ1v) is 6.37. The fraction of sp³-hybridized carbons (Fsp3) is 0.500. The predicted octanol–water partition coefficient (Wildman–Crippen LogP) is 2.61. The third-order valence-electron chi connectivity index (χ3n) is 3.33. The molecule has 0 spiro atoms. The van der Waals surface area contributed by atoms with Gasteiger partial charge in [-0.05, 0) is 36.9 Å². The van der Waals surface area contributed by atoms with Gasteiger partial charge in [0.15, 0.2) is 0 Å². The summed E-state index contributed by atoms with van der Waals surface area (Å²) in [6.07, 6.45) is 5.78. The molecule has 17 heavy (non-hydrogen) atoms. The molecule has 1 aliphatic heterocycles. The summed E-state index contributed by atoms with van der Waals surface area (Å²) in [4.78, 5) is 11.0. The van der Waals surface area contributed by atoms with Gasteiger partial charge in [0.25, 0.3) is 0 Å². The number of aromatic nitrogens is 3. The number of nitrogens with zero attached hydrogens (tertiary/aromatic N) is 4. The number of fused-ring (bicyclic) bond motifs is 1. The van der Waals surface area contributed by atoms with Crippen molar-refractivity contribution in [2.75, 3.05) is 18.0 Å². The van der Waals surface area contributed by atoms with E-state index in [4.69, 9.17) is 11.6 Å². The van der Waals surface area contributed by atoms with E-state index in [1.54, 1.807) is 0 Å². The van der Waals surface area contributed by atoms with E-state index >= 15 is 0 Å². The van der Waals surface area contributed by atoms with Gasteiger partial charge in [0.1, 0.15) is 11.5 Å². The predicted molar refractivity (Wildman–Crippen MR) is 69.6 cm³/mol. The normalized spacial score (nSPS) is 16.7. The van der Waals surface area contributed by atoms with Crippen LogP contribution in [0.15, 0.2) is 12.3 Å². The molecule has 3 rings (SSSR count). The Hall–Kier alpha value is -1.29. The second-order valence-corrected chi connectivity index (χ2v) is 4.87. The van der Waals surface area contributed by atoms with E-state index in [-0.39, 0.29) is 0 Å². The lowest BCUT2D eigenvalue weighted by Gasteiger charge is -2.28. The van der Waals surface area contributed by atoms with Gasteiger partial charge < -0.3 is 9.47 Å². The van der Waals surface area contributed by atoms with Gasteiger partial charge >= 0.3 is 0 Å². The molecule has 0 bridgehead atoms. The number of piperidine rings is 1. The first-order chi connectivity index (χ1) is 8.25. The third-order valence-corrected chi connectivity index (χ3v) is 3.50. The number of halogens is 1. The monoisotopic (exact) mass is 250 g/mol. The van der Waals surface area contributed by atoms with E-state index in [1.165, 1.54) is 19.3 Å². The molecule has 0 N–H and O–H groups in total. The molecule has 2 aromatic rings. The molecule has 1 aliphatic rings. The summed E-state index contributed by atoms with van der Waals surface area (Å²) in [7, 11) is 1.98. The van der Waals surface area contributed by atoms with Crippen LogP contribution in [0.1, 0.15) is 19.3 Å². The zero-order valence-electron chi connectivity index (χ0n) is 9.86. The largest absolute Gasteiger partial charge is 0.356 e. The van der Waals surface area contributed by atoms with Crippen molar-refractivity contribution in [3.8, 4) is 0 Å². The molecular formula is C12H15ClN4. The molecular weight excluding hydrogens is 236 g/mol. The molecule has 90 valence electrons. The van der Waals surface area contributed by atoms with Crippen molar-refractivity contribution >= 4 is 28.5 Å². The van der Waals surface area contributed by atoms with Crippen molar-refractivity contribution in [3.63, 3.8) is 0 Å². The lowest BCUT2D eigenvalue weighted by atomic mass is 10.1. The van der Waals surface area contributed by atoms with Gasteiger partial charge in [-0.1, -0.05) is 0 Å². The van der Waals surface area contributed by atoms with Crippen LogP contribution in [0, 0.1) is 0 Å². The maximum atomic E-state index is 6.01. The lowest BCUT2D eigenvalue weighted by molar-refractivity contribution is 0.574. The van der Waals surface area contributed by atoms with Crippen LogP contribution in [0.3, 0.4) is 0 Å². The molecule has 1 fully saturated rings. The molecule has 3 heterocycles. The maximum Gasteiger partial charge on any atom is 0.226 e. The Morgan fingerprint density at radius 1 is 1.18 bits per heavy atom. The zero-order valence-corrected chi connectivity index (χ0v) is 10.6. The summed E-state index contributed by atoms with van der Waals surface area (Å²) < 4.78 is 1.98. The number of hydrogen-bond acceptors (Lipinski definition) is 3. The Balaban J connectivity index is 2.13. The SMILES string of the molecule is Cn1ccc2c(N3CCCCC3)nc(Cl)nc21. The van der Waals surface area contributed by atoms with Crippen LogP contribution in [-0.2, 0) is 7.05 Å². The van der Waals surface area contributed by atoms with Crippen molar-refractivity contribution in [3.05, 3.63) is 17.5 Å². The topological polar surface area (TPSA) is 34.0 Å². The van der Waals surface area contributed by atoms with E-state index in [1.807, 2.05) is 17.8 Å². The summed E-state index contributed by atoms with van der Waals surface area (Å²) >= 11 is 6.01. The van der Waals surface area contributed by atoms with Gasteiger partial charge in [0.2, 0.25) is 5.28 Å². The van der Waals surface area contributed by atoms with Crippen molar-refractivity contribution < 1.29 is 0 Å². The van der Waals surface area contributed by atoms with Gasteiger partial charge in [-0.2, -0.15) is 9.97 Å². The molecule has 0 unspecified atom stereocenters. The number of rotatable bonds is 1. The molecule has 1 saturated heterocycles. The van der Waals surface area contributed by atoms with Gasteiger partial charge in [-0.3, -0.25) is 0 Å². The standard InChI is InChI=1S/C12H15ClN4/c1-16-8-5-9-10(16)14-12(13)15-11(9)17-6-3-2-4-7-17/h5,8H,2-4,6-7H2,1H3. The molecule has 0 saturated carbocycles. The Kier molecular flexibility index (Phi) is 2.67. The van der Waals surface area contributed by atoms with E-state index < -0.39 is 0 Å². The van der Waals surface area contributed by atoms with E-state index in [2.05, 4.69) is 20.9 Å². The molecule has 0 amide bonds. The van der Waals surface area contributed by atoms with Crippen LogP contribution >= 0.6 is 11.6 Å². The second kappa shape index (κ2) is 4.18. The minimum Gasteiger partial charge on any atom is -0.356 e. The summed E-state index contributed by atoms with van der Waals surface area (Å²) in [5.74, 6) is 0.986. The molecule has 0 radical (unpaired) electrons. The van der Waals surface area contributed by atoms with Crippen LogP contribution < -0.4 is 4.90 Å². The van der Waals surface area contributed by atoms with Crippen LogP contribution in [-0.4, -0.2) is 27.6 Å². The number of anilines is 1. The highest BCUT2D eigenvalue weighted by Gasteiger charge is 2.17. The fourth-order valence-electron chi connectivity index (χ4n) is 2.44. The molecule has 4 nitrogen and oxygen atoms in total. The van der Waals surface area contributed by atoms with E-state index in [9.17, 15) is 0 Å². The molecule has 0 atom stereocenters. The Morgan fingerprint density at radius 3 is 2.71 bits per heavy atom. The first kappa shape index (κ1) is 10.8. The Morgan fingerprint density at radius 2 is 1.94 bits per heavy atom. The van der Waals surface area contributed by atoms with Crippen molar-refractivity contribution in [1.29, 1.82) is 0 Å². The Bertz CT molecular complexity index is 543. The van der Waals surface area contributed by atoms with Gasteiger partial charge in [0.05, 0.1) is 5.39 Å². The van der Waals surface area contributed by atoms with Crippen LogP contribution in [0.4, 0.5) is 5.82 Å². The average Bonchev–Trinajstić information content (AvgIpc) is 2.72. The maximum absolute atomic E-state index is 6.01. The lowest BCUT2D eigenvalue weighted by Crippen LogP contribution is -2.30. The minimum absolute atomic E-state index is 0.333. The quantitative estimate of drug-likeness (QED) is 0.730. The van der Waals surface area contributed by atoms with Gasteiger partial charge in [0, 0.05) is 26.3 Å². The van der Waals surface area contributed by atoms with Crippen LogP contribution in [0.2, 0.25) is 5.28 Å². The first-order valence-electron chi connectivity index (χ1n) is 5.99. The second-order valence-electron chi connectivity index (χ2n) is 4.53. The summed E-state index contributed by atoms with van der Waals surface area (Å²) in [6.45, 7) is 2.13. The van der Waals surface area contributed by atoms with Crippen molar-refractivity contribution in [1.82, 2.24) is 14.5 Å². The van der Waals surface area contributed by atoms with Gasteiger partial charge in [-0.25, -0.2) is 0 Å². The number of hydrogen-bond donors (Lipinski definition) is 0. The van der Waals surface area contributed by atoms with E-state index in [0.29, 0.717) is 5.28 Å². The third kappa shape index (κ3) is 1.86. The zero-order chi connectivity index (χ0) is 11.8. The molecule has 5 heteroatoms. The highest BCUT2D eigenvalue weighted by atomic mass is 35.5. The highest BCUT2D eigenvalue weighted by molar-refractivity contribution is 6.28. The van der Waals surface area contributed by atoms with Gasteiger partial charge in [-0.15, -0.1) is 0 Å². The summed E-state index contributed by atoms with van der Waals surface area (Å²) in [5.41, 5.74) is 0.908. The fourth-order valence-corrected chi connectivity index (χ4v) is 2.60. The van der Waals surface area contributed by atoms with Crippen molar-refractivity contribution in [2.45, 2.75) is 19.3 Å². The van der Waals surface area contributed by atoms with E-state index in [0.717, 1.165) is 29.9 Å². The Labute approximate surface area is 105 Å². The van der Waals surface area contributed by atoms with Crippen LogP contribution in [0.25, 0.3) is 11.0 Å². The highest BCUT2D eigenvalue weighted by Crippen LogP contribution is 2.27. The minimum atomic E-state index is 0.333. The smallest absolute Gasteiger partial charge is 0.226 e. The average molecular weight is 251 g/mol.